The highest BCUT2D eigenvalue weighted by atomic mass is 35.5. The summed E-state index contributed by atoms with van der Waals surface area (Å²) in [5, 5.41) is 15.5. The highest BCUT2D eigenvalue weighted by molar-refractivity contribution is 8.26. The van der Waals surface area contributed by atoms with Crippen LogP contribution in [0.25, 0.3) is 6.08 Å². The van der Waals surface area contributed by atoms with Crippen molar-refractivity contribution >= 4 is 64.1 Å². The number of nitrogens with zero attached hydrogens (tertiary/aromatic N) is 2. The first-order chi connectivity index (χ1) is 14.3. The second-order valence-electron chi connectivity index (χ2n) is 5.86. The molecule has 3 rings (SSSR count). The average Bonchev–Trinajstić information content (AvgIpc) is 2.99. The summed E-state index contributed by atoms with van der Waals surface area (Å²) in [7, 11) is 2.76. The van der Waals surface area contributed by atoms with Gasteiger partial charge in [0, 0.05) is 5.02 Å². The standard InChI is InChI=1S/C20H15ClN2O5S2/c1-27-14-8-5-12(16(19(25)26)17(14)28-2)9-15-18(24)23(20(29)30-15)22-10-11-3-6-13(21)7-4-11/h3-10H,1-2H3,(H,25,26)/b15-9+,22-10+. The number of rotatable bonds is 6. The second-order valence-corrected chi connectivity index (χ2v) is 7.97. The molecule has 1 amide bonds. The van der Waals surface area contributed by atoms with Crippen LogP contribution in [0, 0.1) is 0 Å². The first-order valence-electron chi connectivity index (χ1n) is 8.41. The fourth-order valence-corrected chi connectivity index (χ4v) is 3.95. The maximum absolute atomic E-state index is 12.8. The lowest BCUT2D eigenvalue weighted by molar-refractivity contribution is -0.122. The van der Waals surface area contributed by atoms with E-state index in [1.165, 1.54) is 32.6 Å². The van der Waals surface area contributed by atoms with E-state index in [0.29, 0.717) is 5.02 Å². The molecular formula is C20H15ClN2O5S2. The molecule has 0 aliphatic carbocycles. The Morgan fingerprint density at radius 2 is 1.90 bits per heavy atom. The van der Waals surface area contributed by atoms with Crippen LogP contribution in [-0.2, 0) is 4.79 Å². The number of carbonyl (C=O) groups is 2. The van der Waals surface area contributed by atoms with Crippen molar-refractivity contribution in [2.75, 3.05) is 14.2 Å². The van der Waals surface area contributed by atoms with Crippen LogP contribution in [0.1, 0.15) is 21.5 Å². The lowest BCUT2D eigenvalue weighted by atomic mass is 10.0. The van der Waals surface area contributed by atoms with E-state index in [1.54, 1.807) is 30.3 Å². The van der Waals surface area contributed by atoms with E-state index in [2.05, 4.69) is 5.10 Å². The third kappa shape index (κ3) is 4.48. The topological polar surface area (TPSA) is 88.4 Å². The monoisotopic (exact) mass is 462 g/mol. The van der Waals surface area contributed by atoms with Gasteiger partial charge in [0.15, 0.2) is 15.8 Å². The van der Waals surface area contributed by atoms with Gasteiger partial charge in [0.2, 0.25) is 0 Å². The summed E-state index contributed by atoms with van der Waals surface area (Å²) in [6.07, 6.45) is 2.94. The van der Waals surface area contributed by atoms with Crippen molar-refractivity contribution in [1.29, 1.82) is 0 Å². The van der Waals surface area contributed by atoms with Gasteiger partial charge in [-0.15, -0.1) is 0 Å². The highest BCUT2D eigenvalue weighted by Gasteiger charge is 2.33. The number of hydrogen-bond acceptors (Lipinski definition) is 7. The van der Waals surface area contributed by atoms with Gasteiger partial charge in [-0.1, -0.05) is 41.6 Å². The largest absolute Gasteiger partial charge is 0.493 e. The molecule has 2 aromatic carbocycles. The molecule has 0 aromatic heterocycles. The molecule has 1 aliphatic heterocycles. The third-order valence-corrected chi connectivity index (χ3v) is 5.58. The van der Waals surface area contributed by atoms with Crippen LogP contribution in [0.4, 0.5) is 0 Å². The summed E-state index contributed by atoms with van der Waals surface area (Å²) in [6, 6.07) is 10.0. The summed E-state index contributed by atoms with van der Waals surface area (Å²) < 4.78 is 10.6. The van der Waals surface area contributed by atoms with Crippen LogP contribution >= 0.6 is 35.6 Å². The molecule has 0 bridgehead atoms. The normalized spacial score (nSPS) is 15.3. The van der Waals surface area contributed by atoms with E-state index >= 15 is 0 Å². The minimum absolute atomic E-state index is 0.0648. The molecule has 1 saturated heterocycles. The van der Waals surface area contributed by atoms with E-state index in [1.807, 2.05) is 0 Å². The molecule has 1 N–H and O–H groups in total. The van der Waals surface area contributed by atoms with Gasteiger partial charge in [-0.25, -0.2) is 4.79 Å². The van der Waals surface area contributed by atoms with E-state index in [-0.39, 0.29) is 31.9 Å². The van der Waals surface area contributed by atoms with E-state index in [9.17, 15) is 14.7 Å². The van der Waals surface area contributed by atoms with Crippen LogP contribution < -0.4 is 9.47 Å². The zero-order chi connectivity index (χ0) is 21.8. The minimum atomic E-state index is -1.21. The van der Waals surface area contributed by atoms with Crippen molar-refractivity contribution in [3.8, 4) is 11.5 Å². The van der Waals surface area contributed by atoms with Gasteiger partial charge in [-0.3, -0.25) is 4.79 Å². The van der Waals surface area contributed by atoms with Gasteiger partial charge in [-0.2, -0.15) is 10.1 Å². The maximum atomic E-state index is 12.8. The quantitative estimate of drug-likeness (QED) is 0.389. The first-order valence-corrected chi connectivity index (χ1v) is 10.0. The van der Waals surface area contributed by atoms with Crippen LogP contribution in [0.3, 0.4) is 0 Å². The van der Waals surface area contributed by atoms with Crippen LogP contribution in [0.5, 0.6) is 11.5 Å². The Morgan fingerprint density at radius 1 is 1.20 bits per heavy atom. The van der Waals surface area contributed by atoms with E-state index in [0.717, 1.165) is 22.3 Å². The number of carboxylic acid groups (broad SMARTS) is 1. The zero-order valence-electron chi connectivity index (χ0n) is 15.8. The number of carbonyl (C=O) groups excluding carboxylic acids is 1. The molecule has 30 heavy (non-hydrogen) atoms. The fourth-order valence-electron chi connectivity index (χ4n) is 2.66. The lowest BCUT2D eigenvalue weighted by Crippen LogP contribution is -2.22. The Bertz CT molecular complexity index is 1080. The smallest absolute Gasteiger partial charge is 0.340 e. The third-order valence-electron chi connectivity index (χ3n) is 4.04. The molecule has 1 aliphatic rings. The van der Waals surface area contributed by atoms with E-state index < -0.39 is 11.9 Å². The number of thiocarbonyl (C=S) groups is 1. The van der Waals surface area contributed by atoms with Crippen molar-refractivity contribution in [3.05, 3.63) is 63.0 Å². The Labute approximate surface area is 186 Å². The van der Waals surface area contributed by atoms with Gasteiger partial charge in [0.05, 0.1) is 25.3 Å². The molecule has 2 aromatic rings. The number of halogens is 1. The van der Waals surface area contributed by atoms with Gasteiger partial charge >= 0.3 is 5.97 Å². The molecule has 1 fully saturated rings. The first kappa shape index (κ1) is 21.8. The number of aromatic carboxylic acids is 1. The number of benzene rings is 2. The highest BCUT2D eigenvalue weighted by Crippen LogP contribution is 2.37. The molecule has 10 heteroatoms. The van der Waals surface area contributed by atoms with Crippen LogP contribution in [0.2, 0.25) is 5.02 Å². The van der Waals surface area contributed by atoms with Gasteiger partial charge in [-0.05, 0) is 47.6 Å². The Morgan fingerprint density at radius 3 is 2.50 bits per heavy atom. The summed E-state index contributed by atoms with van der Waals surface area (Å²) in [5.41, 5.74) is 0.902. The number of thioether (sulfide) groups is 1. The molecule has 7 nitrogen and oxygen atoms in total. The summed E-state index contributed by atoms with van der Waals surface area (Å²) in [5.74, 6) is -1.34. The molecule has 1 heterocycles. The lowest BCUT2D eigenvalue weighted by Gasteiger charge is -2.12. The SMILES string of the molecule is COc1ccc(/C=C2/SC(=S)N(/N=C/c3ccc(Cl)cc3)C2=O)c(C(=O)O)c1OC. The van der Waals surface area contributed by atoms with E-state index in [4.69, 9.17) is 33.3 Å². The van der Waals surface area contributed by atoms with Gasteiger partial charge in [0.1, 0.15) is 5.56 Å². The molecule has 154 valence electrons. The maximum Gasteiger partial charge on any atom is 0.340 e. The van der Waals surface area contributed by atoms with Crippen LogP contribution in [0.15, 0.2) is 46.4 Å². The number of hydrazone groups is 1. The number of carboxylic acids is 1. The Balaban J connectivity index is 1.94. The molecule has 0 atom stereocenters. The fraction of sp³-hybridized carbons (Fsp3) is 0.100. The van der Waals surface area contributed by atoms with Crippen molar-refractivity contribution in [2.24, 2.45) is 5.10 Å². The molecular weight excluding hydrogens is 448 g/mol. The minimum Gasteiger partial charge on any atom is -0.493 e. The molecule has 0 saturated carbocycles. The van der Waals surface area contributed by atoms with Crippen molar-refractivity contribution in [3.63, 3.8) is 0 Å². The summed E-state index contributed by atoms with van der Waals surface area (Å²) in [6.45, 7) is 0. The second kappa shape index (κ2) is 9.29. The number of amides is 1. The summed E-state index contributed by atoms with van der Waals surface area (Å²) in [4.78, 5) is 24.8. The van der Waals surface area contributed by atoms with Crippen molar-refractivity contribution in [1.82, 2.24) is 5.01 Å². The van der Waals surface area contributed by atoms with Gasteiger partial charge < -0.3 is 14.6 Å². The van der Waals surface area contributed by atoms with Gasteiger partial charge in [0.25, 0.3) is 5.91 Å². The summed E-state index contributed by atoms with van der Waals surface area (Å²) >= 11 is 12.1. The van der Waals surface area contributed by atoms with Crippen LogP contribution in [-0.4, -0.2) is 46.7 Å². The predicted molar refractivity (Wildman–Crippen MR) is 121 cm³/mol. The molecule has 0 unspecified atom stereocenters. The van der Waals surface area contributed by atoms with Crippen molar-refractivity contribution < 1.29 is 24.2 Å². The number of methoxy groups -OCH3 is 2. The Hall–Kier alpha value is -2.88. The van der Waals surface area contributed by atoms with Crippen molar-refractivity contribution in [2.45, 2.75) is 0 Å². The number of ether oxygens (including phenoxy) is 2. The number of hydrogen-bond donors (Lipinski definition) is 1. The average molecular weight is 463 g/mol. The predicted octanol–water partition coefficient (Wildman–Crippen LogP) is 4.29. The molecule has 0 spiro atoms. The molecule has 0 radical (unpaired) electrons. The zero-order valence-corrected chi connectivity index (χ0v) is 18.2. The Kier molecular flexibility index (Phi) is 6.76.